The minimum Gasteiger partial charge on any atom is -0.494 e. The predicted octanol–water partition coefficient (Wildman–Crippen LogP) is 1.90. The Morgan fingerprint density at radius 1 is 1.36 bits per heavy atom. The fourth-order valence-corrected chi connectivity index (χ4v) is 2.19. The first-order valence-corrected chi connectivity index (χ1v) is 4.89. The number of nitrogens with two attached hydrogens (primary N) is 1. The summed E-state index contributed by atoms with van der Waals surface area (Å²) >= 11 is 1.49. The molecule has 74 valence electrons. The van der Waals surface area contributed by atoms with Crippen LogP contribution in [0, 0.1) is 0 Å². The van der Waals surface area contributed by atoms with Crippen LogP contribution in [0.15, 0.2) is 11.6 Å². The van der Waals surface area contributed by atoms with Crippen molar-refractivity contribution in [1.29, 1.82) is 0 Å². The molecule has 0 fully saturated rings. The maximum atomic E-state index is 5.81. The highest BCUT2D eigenvalue weighted by Crippen LogP contribution is 2.39. The average Bonchev–Trinajstić information content (AvgIpc) is 2.65. The monoisotopic (exact) mass is 210 g/mol. The Labute approximate surface area is 85.3 Å². The summed E-state index contributed by atoms with van der Waals surface area (Å²) in [7, 11) is 3.19. The van der Waals surface area contributed by atoms with Crippen LogP contribution < -0.4 is 15.2 Å². The minimum atomic E-state index is 0.570. The van der Waals surface area contributed by atoms with Gasteiger partial charge in [0, 0.05) is 6.07 Å². The molecule has 0 atom stereocenters. The summed E-state index contributed by atoms with van der Waals surface area (Å²) in [6.07, 6.45) is 0. The van der Waals surface area contributed by atoms with E-state index in [2.05, 4.69) is 4.98 Å². The second-order valence-electron chi connectivity index (χ2n) is 2.73. The second-order valence-corrected chi connectivity index (χ2v) is 3.59. The third-order valence-electron chi connectivity index (χ3n) is 1.98. The van der Waals surface area contributed by atoms with Crippen LogP contribution in [0.3, 0.4) is 0 Å². The van der Waals surface area contributed by atoms with E-state index in [0.717, 1.165) is 10.2 Å². The van der Waals surface area contributed by atoms with Crippen LogP contribution in [0.1, 0.15) is 0 Å². The number of aromatic nitrogens is 1. The lowest BCUT2D eigenvalue weighted by molar-refractivity contribution is 0.412. The maximum Gasteiger partial charge on any atom is 0.161 e. The Morgan fingerprint density at radius 3 is 2.79 bits per heavy atom. The van der Waals surface area contributed by atoms with Crippen LogP contribution in [-0.2, 0) is 0 Å². The molecule has 1 aromatic carbocycles. The van der Waals surface area contributed by atoms with Gasteiger partial charge in [0.15, 0.2) is 5.75 Å². The van der Waals surface area contributed by atoms with Crippen molar-refractivity contribution in [3.63, 3.8) is 0 Å². The number of benzene rings is 1. The lowest BCUT2D eigenvalue weighted by Crippen LogP contribution is -1.94. The number of ether oxygens (including phenoxy) is 2. The third kappa shape index (κ3) is 1.17. The molecule has 0 bridgehead atoms. The van der Waals surface area contributed by atoms with Gasteiger partial charge < -0.3 is 15.2 Å². The van der Waals surface area contributed by atoms with Gasteiger partial charge in [-0.3, -0.25) is 0 Å². The van der Waals surface area contributed by atoms with E-state index in [-0.39, 0.29) is 0 Å². The zero-order valence-electron chi connectivity index (χ0n) is 7.90. The van der Waals surface area contributed by atoms with Gasteiger partial charge in [-0.25, -0.2) is 4.98 Å². The van der Waals surface area contributed by atoms with Gasteiger partial charge in [-0.15, -0.1) is 11.3 Å². The number of hydrogen-bond donors (Lipinski definition) is 1. The first kappa shape index (κ1) is 9.08. The van der Waals surface area contributed by atoms with Gasteiger partial charge in [-0.05, 0) is 0 Å². The van der Waals surface area contributed by atoms with Gasteiger partial charge >= 0.3 is 0 Å². The van der Waals surface area contributed by atoms with Gasteiger partial charge in [0.1, 0.15) is 16.0 Å². The van der Waals surface area contributed by atoms with Crippen LogP contribution in [0.25, 0.3) is 10.2 Å². The zero-order valence-corrected chi connectivity index (χ0v) is 8.72. The molecule has 0 aliphatic rings. The van der Waals surface area contributed by atoms with E-state index >= 15 is 0 Å². The quantitative estimate of drug-likeness (QED) is 0.769. The highest BCUT2D eigenvalue weighted by Gasteiger charge is 2.13. The molecule has 2 N–H and O–H groups in total. The number of methoxy groups -OCH3 is 2. The van der Waals surface area contributed by atoms with Crippen molar-refractivity contribution in [2.24, 2.45) is 0 Å². The van der Waals surface area contributed by atoms with Crippen LogP contribution >= 0.6 is 11.3 Å². The van der Waals surface area contributed by atoms with E-state index in [0.29, 0.717) is 17.2 Å². The highest BCUT2D eigenvalue weighted by atomic mass is 32.1. The van der Waals surface area contributed by atoms with Crippen LogP contribution in [0.2, 0.25) is 0 Å². The minimum absolute atomic E-state index is 0.570. The number of hydrogen-bond acceptors (Lipinski definition) is 5. The van der Waals surface area contributed by atoms with Gasteiger partial charge in [-0.1, -0.05) is 0 Å². The second kappa shape index (κ2) is 3.34. The van der Waals surface area contributed by atoms with E-state index in [1.54, 1.807) is 25.8 Å². The number of rotatable bonds is 2. The summed E-state index contributed by atoms with van der Waals surface area (Å²) in [6.45, 7) is 0. The molecule has 1 heterocycles. The van der Waals surface area contributed by atoms with E-state index in [9.17, 15) is 0 Å². The van der Waals surface area contributed by atoms with Crippen LogP contribution in [-0.4, -0.2) is 19.2 Å². The lowest BCUT2D eigenvalue weighted by Gasteiger charge is -2.07. The largest absolute Gasteiger partial charge is 0.494 e. The molecule has 0 aliphatic heterocycles. The van der Waals surface area contributed by atoms with E-state index in [1.807, 2.05) is 0 Å². The Morgan fingerprint density at radius 2 is 2.14 bits per heavy atom. The van der Waals surface area contributed by atoms with Gasteiger partial charge in [0.05, 0.1) is 25.4 Å². The van der Waals surface area contributed by atoms with Crippen molar-refractivity contribution in [2.45, 2.75) is 0 Å². The molecular formula is C9H10N2O2S. The predicted molar refractivity (Wildman–Crippen MR) is 57.1 cm³/mol. The molecule has 0 amide bonds. The third-order valence-corrected chi connectivity index (χ3v) is 2.81. The fourth-order valence-electron chi connectivity index (χ4n) is 1.36. The van der Waals surface area contributed by atoms with Gasteiger partial charge in [0.2, 0.25) is 0 Å². The molecule has 0 unspecified atom stereocenters. The molecule has 2 aromatic rings. The molecule has 0 radical (unpaired) electrons. The lowest BCUT2D eigenvalue weighted by atomic mass is 10.2. The van der Waals surface area contributed by atoms with Crippen molar-refractivity contribution < 1.29 is 9.47 Å². The number of thiazole rings is 1. The highest BCUT2D eigenvalue weighted by molar-refractivity contribution is 7.17. The normalized spacial score (nSPS) is 10.4. The summed E-state index contributed by atoms with van der Waals surface area (Å²) in [5, 5.41) is 0. The molecule has 0 saturated heterocycles. The molecular weight excluding hydrogens is 200 g/mol. The molecule has 14 heavy (non-hydrogen) atoms. The van der Waals surface area contributed by atoms with E-state index in [4.69, 9.17) is 15.2 Å². The Kier molecular flexibility index (Phi) is 2.17. The molecule has 0 saturated carbocycles. The first-order valence-electron chi connectivity index (χ1n) is 4.01. The summed E-state index contributed by atoms with van der Waals surface area (Å²) in [5.74, 6) is 1.35. The fraction of sp³-hybridized carbons (Fsp3) is 0.222. The van der Waals surface area contributed by atoms with E-state index in [1.165, 1.54) is 11.3 Å². The van der Waals surface area contributed by atoms with Crippen molar-refractivity contribution in [1.82, 2.24) is 4.98 Å². The topological polar surface area (TPSA) is 57.4 Å². The van der Waals surface area contributed by atoms with Crippen LogP contribution in [0.4, 0.5) is 5.69 Å². The average molecular weight is 210 g/mol. The maximum absolute atomic E-state index is 5.81. The van der Waals surface area contributed by atoms with Crippen molar-refractivity contribution in [2.75, 3.05) is 20.0 Å². The number of nitrogens with zero attached hydrogens (tertiary/aromatic N) is 1. The first-order chi connectivity index (χ1) is 6.77. The zero-order chi connectivity index (χ0) is 10.1. The number of anilines is 1. The molecule has 5 heteroatoms. The van der Waals surface area contributed by atoms with Gasteiger partial charge in [-0.2, -0.15) is 0 Å². The molecule has 0 aliphatic carbocycles. The molecule has 4 nitrogen and oxygen atoms in total. The van der Waals surface area contributed by atoms with Crippen molar-refractivity contribution in [3.8, 4) is 11.5 Å². The van der Waals surface area contributed by atoms with Gasteiger partial charge in [0.25, 0.3) is 0 Å². The summed E-state index contributed by atoms with van der Waals surface area (Å²) in [6, 6.07) is 1.72. The smallest absolute Gasteiger partial charge is 0.161 e. The Hall–Kier alpha value is -1.49. The van der Waals surface area contributed by atoms with Crippen molar-refractivity contribution >= 4 is 27.2 Å². The SMILES string of the molecule is COc1cc(N)c(OC)c2scnc12. The van der Waals surface area contributed by atoms with Crippen LogP contribution in [0.5, 0.6) is 11.5 Å². The summed E-state index contributed by atoms with van der Waals surface area (Å²) in [5.41, 5.74) is 8.92. The summed E-state index contributed by atoms with van der Waals surface area (Å²) in [4.78, 5) is 4.20. The molecule has 0 spiro atoms. The van der Waals surface area contributed by atoms with E-state index < -0.39 is 0 Å². The van der Waals surface area contributed by atoms with Crippen molar-refractivity contribution in [3.05, 3.63) is 11.6 Å². The summed E-state index contributed by atoms with van der Waals surface area (Å²) < 4.78 is 11.3. The standard InChI is InChI=1S/C9H10N2O2S/c1-12-6-3-5(10)8(13-2)9-7(6)11-4-14-9/h3-4H,10H2,1-2H3. The number of fused-ring (bicyclic) bond motifs is 1. The molecule has 2 rings (SSSR count). The Balaban J connectivity index is 2.81. The number of nitrogen functional groups attached to an aromatic ring is 1. The Bertz CT molecular complexity index is 467. The molecule has 1 aromatic heterocycles.